The van der Waals surface area contributed by atoms with Gasteiger partial charge in [0.25, 0.3) is 0 Å². The quantitative estimate of drug-likeness (QED) is 0.236. The molecule has 32 heavy (non-hydrogen) atoms. The van der Waals surface area contributed by atoms with Crippen LogP contribution in [0.5, 0.6) is 0 Å². The van der Waals surface area contributed by atoms with Crippen molar-refractivity contribution in [1.29, 1.82) is 0 Å². The van der Waals surface area contributed by atoms with Gasteiger partial charge in [0.2, 0.25) is 0 Å². The Bertz CT molecular complexity index is 1020. The molecule has 3 aromatic carbocycles. The normalized spacial score (nSPS) is 18.7. The molecule has 0 aliphatic heterocycles. The lowest BCUT2D eigenvalue weighted by atomic mass is 9.78. The van der Waals surface area contributed by atoms with Crippen molar-refractivity contribution in [2.24, 2.45) is 5.92 Å². The number of aryl methyl sites for hydroxylation is 3. The van der Waals surface area contributed by atoms with E-state index in [4.69, 9.17) is 0 Å². The molecule has 168 valence electrons. The van der Waals surface area contributed by atoms with E-state index in [-0.39, 0.29) is 5.82 Å². The Balaban J connectivity index is 1.37. The average Bonchev–Trinajstić information content (AvgIpc) is 2.84. The second-order valence-electron chi connectivity index (χ2n) is 9.64. The maximum Gasteiger partial charge on any atom is 0.134 e. The van der Waals surface area contributed by atoms with E-state index in [1.165, 1.54) is 61.6 Å². The first-order valence-corrected chi connectivity index (χ1v) is 12.6. The highest BCUT2D eigenvalue weighted by Gasteiger charge is 2.20. The van der Waals surface area contributed by atoms with E-state index in [0.29, 0.717) is 11.8 Å². The molecule has 0 spiro atoms. The second-order valence-corrected chi connectivity index (χ2v) is 9.64. The summed E-state index contributed by atoms with van der Waals surface area (Å²) in [6, 6.07) is 19.4. The van der Waals surface area contributed by atoms with Gasteiger partial charge in [-0.2, -0.15) is 0 Å². The molecular formula is C31H37F. The zero-order valence-electron chi connectivity index (χ0n) is 19.6. The number of halogens is 1. The number of hydrogen-bond acceptors (Lipinski definition) is 0. The molecule has 0 heterocycles. The van der Waals surface area contributed by atoms with Crippen LogP contribution in [0.15, 0.2) is 67.3 Å². The van der Waals surface area contributed by atoms with E-state index >= 15 is 4.39 Å². The smallest absolute Gasteiger partial charge is 0.134 e. The van der Waals surface area contributed by atoms with Crippen molar-refractivity contribution >= 4 is 10.8 Å². The van der Waals surface area contributed by atoms with Crippen molar-refractivity contribution in [3.8, 4) is 0 Å². The molecule has 0 nitrogen and oxygen atoms in total. The molecule has 0 radical (unpaired) electrons. The summed E-state index contributed by atoms with van der Waals surface area (Å²) in [4.78, 5) is 0. The molecule has 0 aromatic heterocycles. The second kappa shape index (κ2) is 10.9. The molecule has 1 aliphatic rings. The predicted octanol–water partition coefficient (Wildman–Crippen LogP) is 8.96. The minimum absolute atomic E-state index is 0.0433. The third-order valence-electron chi connectivity index (χ3n) is 7.41. The average molecular weight is 429 g/mol. The van der Waals surface area contributed by atoms with E-state index in [9.17, 15) is 0 Å². The van der Waals surface area contributed by atoms with Gasteiger partial charge >= 0.3 is 0 Å². The minimum Gasteiger partial charge on any atom is -0.206 e. The largest absolute Gasteiger partial charge is 0.206 e. The molecule has 0 amide bonds. The summed E-state index contributed by atoms with van der Waals surface area (Å²) >= 11 is 0. The van der Waals surface area contributed by atoms with Crippen LogP contribution in [0, 0.1) is 11.7 Å². The van der Waals surface area contributed by atoms with Gasteiger partial charge in [0.05, 0.1) is 0 Å². The third kappa shape index (κ3) is 5.49. The van der Waals surface area contributed by atoms with Gasteiger partial charge in [-0.1, -0.05) is 80.4 Å². The zero-order valence-corrected chi connectivity index (χ0v) is 19.6. The Morgan fingerprint density at radius 1 is 0.844 bits per heavy atom. The molecule has 3 aromatic rings. The van der Waals surface area contributed by atoms with Gasteiger partial charge in [-0.25, -0.2) is 4.39 Å². The van der Waals surface area contributed by atoms with Crippen LogP contribution in [0.25, 0.3) is 10.8 Å². The summed E-state index contributed by atoms with van der Waals surface area (Å²) < 4.78 is 15.2. The third-order valence-corrected chi connectivity index (χ3v) is 7.41. The van der Waals surface area contributed by atoms with Crippen molar-refractivity contribution in [1.82, 2.24) is 0 Å². The number of allylic oxidation sites excluding steroid dienone is 1. The van der Waals surface area contributed by atoms with Crippen molar-refractivity contribution < 1.29 is 4.39 Å². The molecule has 0 N–H and O–H groups in total. The Kier molecular flexibility index (Phi) is 7.79. The van der Waals surface area contributed by atoms with Crippen LogP contribution in [0.4, 0.5) is 4.39 Å². The SMILES string of the molecule is C=CC1CCC(c2ccc(CCc3ccc4cc(CCCCC)ccc4c3F)cc2)CC1. The molecule has 1 heteroatoms. The minimum atomic E-state index is -0.0433. The molecule has 1 saturated carbocycles. The fraction of sp³-hybridized carbons (Fsp3) is 0.419. The molecule has 0 atom stereocenters. The lowest BCUT2D eigenvalue weighted by molar-refractivity contribution is 0.376. The summed E-state index contributed by atoms with van der Waals surface area (Å²) in [6.45, 7) is 6.18. The van der Waals surface area contributed by atoms with Gasteiger partial charge in [-0.3, -0.25) is 0 Å². The first-order chi connectivity index (χ1) is 15.7. The first kappa shape index (κ1) is 22.8. The van der Waals surface area contributed by atoms with Crippen molar-refractivity contribution in [3.63, 3.8) is 0 Å². The zero-order chi connectivity index (χ0) is 22.3. The van der Waals surface area contributed by atoms with Crippen LogP contribution in [-0.2, 0) is 19.3 Å². The Morgan fingerprint density at radius 3 is 2.31 bits per heavy atom. The van der Waals surface area contributed by atoms with E-state index in [2.05, 4.69) is 62.0 Å². The van der Waals surface area contributed by atoms with E-state index in [1.54, 1.807) is 0 Å². The van der Waals surface area contributed by atoms with Crippen molar-refractivity contribution in [2.75, 3.05) is 0 Å². The highest BCUT2D eigenvalue weighted by molar-refractivity contribution is 5.84. The molecule has 4 rings (SSSR count). The van der Waals surface area contributed by atoms with Crippen LogP contribution in [0.1, 0.15) is 80.0 Å². The molecular weight excluding hydrogens is 391 g/mol. The Labute approximate surface area is 193 Å². The number of fused-ring (bicyclic) bond motifs is 1. The highest BCUT2D eigenvalue weighted by atomic mass is 19.1. The maximum atomic E-state index is 15.2. The number of hydrogen-bond donors (Lipinski definition) is 0. The first-order valence-electron chi connectivity index (χ1n) is 12.6. The Hall–Kier alpha value is -2.41. The van der Waals surface area contributed by atoms with Crippen molar-refractivity contribution in [3.05, 3.63) is 95.3 Å². The van der Waals surface area contributed by atoms with Gasteiger partial charge in [0.15, 0.2) is 0 Å². The highest BCUT2D eigenvalue weighted by Crippen LogP contribution is 2.36. The van der Waals surface area contributed by atoms with E-state index < -0.39 is 0 Å². The summed E-state index contributed by atoms with van der Waals surface area (Å²) in [6.07, 6.45) is 13.6. The van der Waals surface area contributed by atoms with E-state index in [0.717, 1.165) is 35.6 Å². The lowest BCUT2D eigenvalue weighted by Crippen LogP contribution is -2.11. The summed E-state index contributed by atoms with van der Waals surface area (Å²) in [5, 5.41) is 1.78. The van der Waals surface area contributed by atoms with Crippen molar-refractivity contribution in [2.45, 2.75) is 77.0 Å². The summed E-state index contributed by atoms with van der Waals surface area (Å²) in [5.41, 5.74) is 4.89. The van der Waals surface area contributed by atoms with Crippen LogP contribution < -0.4 is 0 Å². The number of unbranched alkanes of at least 4 members (excludes halogenated alkanes) is 2. The van der Waals surface area contributed by atoms with Gasteiger partial charge < -0.3 is 0 Å². The summed E-state index contributed by atoms with van der Waals surface area (Å²) in [5.74, 6) is 1.35. The molecule has 0 unspecified atom stereocenters. The fourth-order valence-corrected chi connectivity index (χ4v) is 5.24. The number of rotatable bonds is 9. The Morgan fingerprint density at radius 2 is 1.59 bits per heavy atom. The number of benzene rings is 3. The van der Waals surface area contributed by atoms with Gasteiger partial charge in [0, 0.05) is 5.39 Å². The molecule has 0 saturated heterocycles. The van der Waals surface area contributed by atoms with Crippen LogP contribution >= 0.6 is 0 Å². The molecule has 1 fully saturated rings. The van der Waals surface area contributed by atoms with E-state index in [1.807, 2.05) is 12.1 Å². The summed E-state index contributed by atoms with van der Waals surface area (Å²) in [7, 11) is 0. The lowest BCUT2D eigenvalue weighted by Gasteiger charge is -2.27. The van der Waals surface area contributed by atoms with Gasteiger partial charge in [-0.05, 0) is 90.8 Å². The predicted molar refractivity (Wildman–Crippen MR) is 136 cm³/mol. The molecule has 0 bridgehead atoms. The van der Waals surface area contributed by atoms with Gasteiger partial charge in [0.1, 0.15) is 5.82 Å². The van der Waals surface area contributed by atoms with Crippen LogP contribution in [0.2, 0.25) is 0 Å². The molecule has 1 aliphatic carbocycles. The topological polar surface area (TPSA) is 0 Å². The fourth-order valence-electron chi connectivity index (χ4n) is 5.24. The van der Waals surface area contributed by atoms with Gasteiger partial charge in [-0.15, -0.1) is 6.58 Å². The maximum absolute atomic E-state index is 15.2. The van der Waals surface area contributed by atoms with Crippen LogP contribution in [0.3, 0.4) is 0 Å². The van der Waals surface area contributed by atoms with Crippen LogP contribution in [-0.4, -0.2) is 0 Å². The monoisotopic (exact) mass is 428 g/mol. The standard InChI is InChI=1S/C31H37F/c1-3-5-6-7-25-13-21-30-29(22-25)20-19-28(31(30)32)18-12-24-10-16-27(17-11-24)26-14-8-23(4-2)9-15-26/h4,10-11,13,16-17,19-23,26H,2-3,5-9,12,14-15,18H2,1H3.